The Bertz CT molecular complexity index is 934. The van der Waals surface area contributed by atoms with Crippen molar-refractivity contribution in [2.45, 2.75) is 51.8 Å². The molecule has 1 aromatic heterocycles. The highest BCUT2D eigenvalue weighted by Crippen LogP contribution is 2.28. The molecule has 1 heterocycles. The average molecular weight is 482 g/mol. The van der Waals surface area contributed by atoms with Gasteiger partial charge in [-0.3, -0.25) is 4.79 Å². The number of benzene rings is 1. The molecule has 0 fully saturated rings. The predicted octanol–water partition coefficient (Wildman–Crippen LogP) is 3.39. The molecule has 164 valence electrons. The van der Waals surface area contributed by atoms with Crippen LogP contribution in [0.2, 0.25) is 0 Å². The summed E-state index contributed by atoms with van der Waals surface area (Å²) in [6.45, 7) is 6.74. The molecule has 2 atom stereocenters. The van der Waals surface area contributed by atoms with Crippen LogP contribution in [0, 0.1) is 0 Å². The number of H-pyrrole nitrogens is 1. The van der Waals surface area contributed by atoms with Crippen LogP contribution in [-0.4, -0.2) is 59.7 Å². The largest absolute Gasteiger partial charge is 0.467 e. The van der Waals surface area contributed by atoms with Crippen LogP contribution >= 0.6 is 15.9 Å². The average Bonchev–Trinajstić information content (AvgIpc) is 2.97. The lowest BCUT2D eigenvalue weighted by atomic mass is 10.0. The zero-order valence-corrected chi connectivity index (χ0v) is 19.6. The van der Waals surface area contributed by atoms with Gasteiger partial charge in [-0.15, -0.1) is 0 Å². The Labute approximate surface area is 184 Å². The summed E-state index contributed by atoms with van der Waals surface area (Å²) in [6.07, 6.45) is -0.468. The Hall–Kier alpha value is -2.55. The number of rotatable bonds is 6. The number of carbonyl (C=O) groups excluding carboxylic acids is 3. The summed E-state index contributed by atoms with van der Waals surface area (Å²) in [5.74, 6) is -0.986. The van der Waals surface area contributed by atoms with Crippen LogP contribution in [0.1, 0.15) is 33.3 Å². The van der Waals surface area contributed by atoms with Crippen molar-refractivity contribution in [3.63, 3.8) is 0 Å². The van der Waals surface area contributed by atoms with Crippen molar-refractivity contribution in [1.29, 1.82) is 0 Å². The van der Waals surface area contributed by atoms with Crippen LogP contribution in [0.3, 0.4) is 0 Å². The van der Waals surface area contributed by atoms with Crippen molar-refractivity contribution in [3.8, 4) is 0 Å². The summed E-state index contributed by atoms with van der Waals surface area (Å²) in [7, 11) is 2.79. The number of aromatic amines is 1. The summed E-state index contributed by atoms with van der Waals surface area (Å²) < 4.78 is 10.9. The molecular formula is C21H28BrN3O5. The Morgan fingerprint density at radius 2 is 1.87 bits per heavy atom. The third kappa shape index (κ3) is 5.75. The monoisotopic (exact) mass is 481 g/mol. The minimum atomic E-state index is -0.886. The number of ether oxygens (including phenoxy) is 2. The summed E-state index contributed by atoms with van der Waals surface area (Å²) >= 11 is 3.50. The number of methoxy groups -OCH3 is 1. The van der Waals surface area contributed by atoms with Crippen molar-refractivity contribution in [2.24, 2.45) is 0 Å². The zero-order chi connectivity index (χ0) is 22.6. The van der Waals surface area contributed by atoms with E-state index in [4.69, 9.17) is 9.47 Å². The van der Waals surface area contributed by atoms with Crippen LogP contribution in [0.5, 0.6) is 0 Å². The number of esters is 1. The maximum atomic E-state index is 12.9. The van der Waals surface area contributed by atoms with Crippen LogP contribution < -0.4 is 5.32 Å². The Morgan fingerprint density at radius 1 is 1.23 bits per heavy atom. The van der Waals surface area contributed by atoms with Crippen molar-refractivity contribution < 1.29 is 23.9 Å². The van der Waals surface area contributed by atoms with Gasteiger partial charge in [0.2, 0.25) is 5.91 Å². The number of fused-ring (bicyclic) bond motifs is 1. The van der Waals surface area contributed by atoms with E-state index in [1.807, 2.05) is 24.3 Å². The molecule has 0 saturated carbocycles. The van der Waals surface area contributed by atoms with Gasteiger partial charge >= 0.3 is 12.1 Å². The van der Waals surface area contributed by atoms with E-state index in [-0.39, 0.29) is 6.42 Å². The lowest BCUT2D eigenvalue weighted by Gasteiger charge is -2.29. The topological polar surface area (TPSA) is 101 Å². The molecular weight excluding hydrogens is 454 g/mol. The van der Waals surface area contributed by atoms with Gasteiger partial charge in [0, 0.05) is 24.4 Å². The van der Waals surface area contributed by atoms with Crippen LogP contribution in [-0.2, 0) is 25.5 Å². The molecule has 2 aromatic rings. The Morgan fingerprint density at radius 3 is 2.47 bits per heavy atom. The minimum Gasteiger partial charge on any atom is -0.467 e. The van der Waals surface area contributed by atoms with Crippen molar-refractivity contribution in [2.75, 3.05) is 14.2 Å². The molecule has 0 aliphatic heterocycles. The van der Waals surface area contributed by atoms with Crippen molar-refractivity contribution in [3.05, 3.63) is 34.4 Å². The van der Waals surface area contributed by atoms with Crippen molar-refractivity contribution in [1.82, 2.24) is 15.2 Å². The Balaban J connectivity index is 2.21. The molecule has 2 amide bonds. The number of nitrogens with one attached hydrogen (secondary N) is 2. The lowest BCUT2D eigenvalue weighted by molar-refractivity contribution is -0.152. The minimum absolute atomic E-state index is 0.235. The second kappa shape index (κ2) is 9.51. The number of amides is 2. The molecule has 9 heteroatoms. The van der Waals surface area contributed by atoms with Gasteiger partial charge in [0.15, 0.2) is 0 Å². The number of para-hydroxylation sites is 1. The number of nitrogens with zero attached hydrogens (tertiary/aromatic N) is 1. The first-order chi connectivity index (χ1) is 13.9. The third-order valence-electron chi connectivity index (χ3n) is 4.55. The van der Waals surface area contributed by atoms with E-state index in [2.05, 4.69) is 26.2 Å². The quantitative estimate of drug-likeness (QED) is 0.615. The van der Waals surface area contributed by atoms with Gasteiger partial charge in [-0.25, -0.2) is 9.59 Å². The number of aromatic nitrogens is 1. The van der Waals surface area contributed by atoms with E-state index in [0.717, 1.165) is 21.1 Å². The Kier molecular flexibility index (Phi) is 7.52. The summed E-state index contributed by atoms with van der Waals surface area (Å²) in [4.78, 5) is 41.9. The van der Waals surface area contributed by atoms with Crippen molar-refractivity contribution >= 4 is 44.8 Å². The van der Waals surface area contributed by atoms with Gasteiger partial charge in [0.05, 0.1) is 11.7 Å². The molecule has 0 radical (unpaired) electrons. The maximum Gasteiger partial charge on any atom is 0.408 e. The molecule has 30 heavy (non-hydrogen) atoms. The fourth-order valence-corrected chi connectivity index (χ4v) is 3.67. The lowest BCUT2D eigenvalue weighted by Crippen LogP contribution is -2.52. The zero-order valence-electron chi connectivity index (χ0n) is 18.0. The van der Waals surface area contributed by atoms with Gasteiger partial charge in [-0.05, 0) is 55.3 Å². The fraction of sp³-hybridized carbons (Fsp3) is 0.476. The standard InChI is InChI=1S/C21H28BrN3O5/c1-12(23-20(28)30-21(2,3)4)18(26)25(5)16(19(27)29-6)11-14-13-9-7-8-10-15(13)24-17(14)22/h7-10,12,16,24H,11H2,1-6H3,(H,23,28). The van der Waals surface area contributed by atoms with E-state index < -0.39 is 35.7 Å². The van der Waals surface area contributed by atoms with E-state index in [0.29, 0.717) is 0 Å². The summed E-state index contributed by atoms with van der Waals surface area (Å²) in [6, 6.07) is 5.92. The molecule has 2 unspecified atom stereocenters. The second-order valence-electron chi connectivity index (χ2n) is 8.02. The van der Waals surface area contributed by atoms with Gasteiger partial charge in [-0.1, -0.05) is 18.2 Å². The SMILES string of the molecule is COC(=O)C(Cc1c(Br)[nH]c2ccccc12)N(C)C(=O)C(C)NC(=O)OC(C)(C)C. The molecule has 0 aliphatic rings. The molecule has 1 aromatic carbocycles. The smallest absolute Gasteiger partial charge is 0.408 e. The van der Waals surface area contributed by atoms with Crippen LogP contribution in [0.15, 0.2) is 28.9 Å². The first-order valence-electron chi connectivity index (χ1n) is 9.53. The molecule has 2 rings (SSSR count). The van der Waals surface area contributed by atoms with E-state index in [1.165, 1.54) is 19.1 Å². The number of likely N-dealkylation sites (N-methyl/N-ethyl adjacent to an activating group) is 1. The fourth-order valence-electron chi connectivity index (χ4n) is 3.08. The van der Waals surface area contributed by atoms with Gasteiger partial charge in [0.1, 0.15) is 17.7 Å². The molecule has 0 bridgehead atoms. The van der Waals surface area contributed by atoms with E-state index in [1.54, 1.807) is 27.7 Å². The van der Waals surface area contributed by atoms with E-state index >= 15 is 0 Å². The molecule has 0 spiro atoms. The first kappa shape index (κ1) is 23.7. The predicted molar refractivity (Wildman–Crippen MR) is 117 cm³/mol. The molecule has 2 N–H and O–H groups in total. The second-order valence-corrected chi connectivity index (χ2v) is 8.82. The number of hydrogen-bond donors (Lipinski definition) is 2. The highest BCUT2D eigenvalue weighted by Gasteiger charge is 2.33. The molecule has 8 nitrogen and oxygen atoms in total. The maximum absolute atomic E-state index is 12.9. The van der Waals surface area contributed by atoms with E-state index in [9.17, 15) is 14.4 Å². The van der Waals surface area contributed by atoms with Gasteiger partial charge in [0.25, 0.3) is 0 Å². The highest BCUT2D eigenvalue weighted by molar-refractivity contribution is 9.10. The van der Waals surface area contributed by atoms with Gasteiger partial charge in [-0.2, -0.15) is 0 Å². The third-order valence-corrected chi connectivity index (χ3v) is 5.23. The van der Waals surface area contributed by atoms with Crippen LogP contribution in [0.4, 0.5) is 4.79 Å². The summed E-state index contributed by atoms with van der Waals surface area (Å²) in [5.41, 5.74) is 1.08. The highest BCUT2D eigenvalue weighted by atomic mass is 79.9. The van der Waals surface area contributed by atoms with Crippen LogP contribution in [0.25, 0.3) is 10.9 Å². The number of carbonyl (C=O) groups is 3. The first-order valence-corrected chi connectivity index (χ1v) is 10.3. The molecule has 0 aliphatic carbocycles. The number of halogens is 1. The molecule has 0 saturated heterocycles. The number of hydrogen-bond acceptors (Lipinski definition) is 5. The van der Waals surface area contributed by atoms with Gasteiger partial charge < -0.3 is 24.7 Å². The normalized spacial score (nSPS) is 13.4. The number of alkyl carbamates (subject to hydrolysis) is 1. The summed E-state index contributed by atoms with van der Waals surface area (Å²) in [5, 5.41) is 3.45.